The van der Waals surface area contributed by atoms with Crippen LogP contribution < -0.4 is 0 Å². The van der Waals surface area contributed by atoms with Crippen molar-refractivity contribution in [3.8, 4) is 5.75 Å². The normalized spacial score (nSPS) is 11.9. The standard InChI is InChI=1S/C15H10Cl3N3O3/c1-8(12-6-11(21(23)24)2-3-13(12)17)20-19-7-9-4-10(16)5-14(18)15(9)22/h2-7,22H,1H3/b19-7+,20-8+. The van der Waals surface area contributed by atoms with Crippen molar-refractivity contribution >= 4 is 52.4 Å². The molecule has 0 spiro atoms. The highest BCUT2D eigenvalue weighted by Gasteiger charge is 2.12. The van der Waals surface area contributed by atoms with Crippen LogP contribution in [0.2, 0.25) is 15.1 Å². The number of phenols is 1. The number of hydrogen-bond donors (Lipinski definition) is 1. The number of nitrogens with zero attached hydrogens (tertiary/aromatic N) is 3. The monoisotopic (exact) mass is 385 g/mol. The molecule has 9 heteroatoms. The maximum absolute atomic E-state index is 10.8. The smallest absolute Gasteiger partial charge is 0.270 e. The Morgan fingerprint density at radius 2 is 1.92 bits per heavy atom. The summed E-state index contributed by atoms with van der Waals surface area (Å²) in [5.74, 6) is -0.175. The number of non-ortho nitro benzene ring substituents is 1. The van der Waals surface area contributed by atoms with Gasteiger partial charge in [0.15, 0.2) is 0 Å². The van der Waals surface area contributed by atoms with E-state index in [1.54, 1.807) is 6.92 Å². The molecule has 2 rings (SSSR count). The number of aromatic hydroxyl groups is 1. The highest BCUT2D eigenvalue weighted by molar-refractivity contribution is 6.36. The maximum atomic E-state index is 10.8. The number of halogens is 3. The Balaban J connectivity index is 2.33. The molecule has 0 radical (unpaired) electrons. The summed E-state index contributed by atoms with van der Waals surface area (Å²) >= 11 is 17.7. The first-order valence-electron chi connectivity index (χ1n) is 6.49. The zero-order valence-corrected chi connectivity index (χ0v) is 14.5. The van der Waals surface area contributed by atoms with Gasteiger partial charge in [-0.1, -0.05) is 34.8 Å². The number of nitro groups is 1. The van der Waals surface area contributed by atoms with Crippen LogP contribution >= 0.6 is 34.8 Å². The van der Waals surface area contributed by atoms with Crippen LogP contribution in [0.3, 0.4) is 0 Å². The third-order valence-corrected chi connectivity index (χ3v) is 3.85. The Morgan fingerprint density at radius 1 is 1.21 bits per heavy atom. The molecule has 0 heterocycles. The second-order valence-corrected chi connectivity index (χ2v) is 5.93. The molecule has 0 amide bonds. The van der Waals surface area contributed by atoms with Crippen LogP contribution in [-0.4, -0.2) is 22.0 Å². The summed E-state index contributed by atoms with van der Waals surface area (Å²) in [6.07, 6.45) is 1.27. The minimum Gasteiger partial charge on any atom is -0.506 e. The highest BCUT2D eigenvalue weighted by atomic mass is 35.5. The lowest BCUT2D eigenvalue weighted by Crippen LogP contribution is -1.98. The van der Waals surface area contributed by atoms with Crippen molar-refractivity contribution in [3.05, 3.63) is 66.6 Å². The molecule has 1 N–H and O–H groups in total. The molecule has 0 aliphatic carbocycles. The zero-order chi connectivity index (χ0) is 17.9. The number of phenolic OH excluding ortho intramolecular Hbond substituents is 1. The summed E-state index contributed by atoms with van der Waals surface area (Å²) < 4.78 is 0. The molecule has 0 saturated heterocycles. The van der Waals surface area contributed by atoms with E-state index in [0.717, 1.165) is 0 Å². The second-order valence-electron chi connectivity index (χ2n) is 4.68. The van der Waals surface area contributed by atoms with Crippen LogP contribution in [-0.2, 0) is 0 Å². The minimum atomic E-state index is -0.525. The lowest BCUT2D eigenvalue weighted by molar-refractivity contribution is -0.384. The maximum Gasteiger partial charge on any atom is 0.270 e. The van der Waals surface area contributed by atoms with Crippen LogP contribution in [0.1, 0.15) is 18.1 Å². The molecular weight excluding hydrogens is 377 g/mol. The van der Waals surface area contributed by atoms with Crippen LogP contribution in [0, 0.1) is 10.1 Å². The van der Waals surface area contributed by atoms with E-state index in [1.807, 2.05) is 0 Å². The topological polar surface area (TPSA) is 88.1 Å². The molecule has 0 saturated carbocycles. The van der Waals surface area contributed by atoms with E-state index in [9.17, 15) is 15.2 Å². The van der Waals surface area contributed by atoms with Gasteiger partial charge in [-0.15, -0.1) is 0 Å². The quantitative estimate of drug-likeness (QED) is 0.450. The summed E-state index contributed by atoms with van der Waals surface area (Å²) in [4.78, 5) is 10.3. The molecule has 124 valence electrons. The molecule has 2 aromatic rings. The first-order chi connectivity index (χ1) is 11.3. The minimum absolute atomic E-state index is 0.0892. The van der Waals surface area contributed by atoms with Crippen molar-refractivity contribution < 1.29 is 10.0 Å². The molecular formula is C15H10Cl3N3O3. The van der Waals surface area contributed by atoms with E-state index in [1.165, 1.54) is 36.5 Å². The molecule has 0 aromatic heterocycles. The predicted octanol–water partition coefficient (Wildman–Crippen LogP) is 5.10. The third-order valence-electron chi connectivity index (χ3n) is 3.01. The van der Waals surface area contributed by atoms with Crippen molar-refractivity contribution in [1.29, 1.82) is 0 Å². The van der Waals surface area contributed by atoms with Gasteiger partial charge in [0.2, 0.25) is 0 Å². The van der Waals surface area contributed by atoms with E-state index in [-0.39, 0.29) is 22.0 Å². The molecule has 0 bridgehead atoms. The summed E-state index contributed by atoms with van der Waals surface area (Å²) in [6.45, 7) is 1.60. The predicted molar refractivity (Wildman–Crippen MR) is 96.0 cm³/mol. The molecule has 0 aliphatic heterocycles. The fourth-order valence-corrected chi connectivity index (χ4v) is 2.58. The fraction of sp³-hybridized carbons (Fsp3) is 0.0667. The average molecular weight is 387 g/mol. The third kappa shape index (κ3) is 4.23. The van der Waals surface area contributed by atoms with Gasteiger partial charge in [0, 0.05) is 28.3 Å². The Bertz CT molecular complexity index is 867. The van der Waals surface area contributed by atoms with Gasteiger partial charge in [-0.05, 0) is 25.1 Å². The molecule has 0 unspecified atom stereocenters. The highest BCUT2D eigenvalue weighted by Crippen LogP contribution is 2.30. The lowest BCUT2D eigenvalue weighted by atomic mass is 10.1. The van der Waals surface area contributed by atoms with Gasteiger partial charge < -0.3 is 5.11 Å². The Labute approximate surface area is 152 Å². The summed E-state index contributed by atoms with van der Waals surface area (Å²) in [5, 5.41) is 29.1. The number of nitro benzene ring substituents is 1. The SMILES string of the molecule is C/C(=N\N=C\c1cc(Cl)cc(Cl)c1O)c1cc([N+](=O)[O-])ccc1Cl. The number of benzene rings is 2. The summed E-state index contributed by atoms with van der Waals surface area (Å²) in [6, 6.07) is 6.89. The van der Waals surface area contributed by atoms with Gasteiger partial charge in [0.05, 0.1) is 26.9 Å². The second kappa shape index (κ2) is 7.61. The summed E-state index contributed by atoms with van der Waals surface area (Å²) in [7, 11) is 0. The molecule has 6 nitrogen and oxygen atoms in total. The fourth-order valence-electron chi connectivity index (χ4n) is 1.82. The Kier molecular flexibility index (Phi) is 5.77. The van der Waals surface area contributed by atoms with Crippen molar-refractivity contribution in [2.45, 2.75) is 6.92 Å². The van der Waals surface area contributed by atoms with E-state index >= 15 is 0 Å². The van der Waals surface area contributed by atoms with Crippen LogP contribution in [0.4, 0.5) is 5.69 Å². The largest absolute Gasteiger partial charge is 0.506 e. The van der Waals surface area contributed by atoms with Gasteiger partial charge in [-0.25, -0.2) is 0 Å². The zero-order valence-electron chi connectivity index (χ0n) is 12.2. The van der Waals surface area contributed by atoms with Crippen LogP contribution in [0.25, 0.3) is 0 Å². The van der Waals surface area contributed by atoms with E-state index in [0.29, 0.717) is 21.3 Å². The number of rotatable bonds is 4. The van der Waals surface area contributed by atoms with E-state index in [4.69, 9.17) is 34.8 Å². The van der Waals surface area contributed by atoms with Crippen LogP contribution in [0.15, 0.2) is 40.5 Å². The summed E-state index contributed by atoms with van der Waals surface area (Å²) in [5.41, 5.74) is 0.935. The average Bonchev–Trinajstić information content (AvgIpc) is 2.51. The van der Waals surface area contributed by atoms with Crippen molar-refractivity contribution in [2.24, 2.45) is 10.2 Å². The molecule has 0 fully saturated rings. The number of hydrogen-bond acceptors (Lipinski definition) is 5. The molecule has 2 aromatic carbocycles. The molecule has 24 heavy (non-hydrogen) atoms. The first-order valence-corrected chi connectivity index (χ1v) is 7.63. The van der Waals surface area contributed by atoms with Gasteiger partial charge in [0.1, 0.15) is 5.75 Å². The van der Waals surface area contributed by atoms with Crippen molar-refractivity contribution in [2.75, 3.05) is 0 Å². The van der Waals surface area contributed by atoms with Crippen LogP contribution in [0.5, 0.6) is 5.75 Å². The van der Waals surface area contributed by atoms with Gasteiger partial charge in [0.25, 0.3) is 5.69 Å². The van der Waals surface area contributed by atoms with Crippen molar-refractivity contribution in [1.82, 2.24) is 0 Å². The van der Waals surface area contributed by atoms with E-state index in [2.05, 4.69) is 10.2 Å². The van der Waals surface area contributed by atoms with E-state index < -0.39 is 4.92 Å². The first kappa shape index (κ1) is 18.2. The molecule has 0 aliphatic rings. The lowest BCUT2D eigenvalue weighted by Gasteiger charge is -2.03. The Morgan fingerprint density at radius 3 is 2.58 bits per heavy atom. The van der Waals surface area contributed by atoms with Gasteiger partial charge in [-0.3, -0.25) is 10.1 Å². The van der Waals surface area contributed by atoms with Crippen molar-refractivity contribution in [3.63, 3.8) is 0 Å². The van der Waals surface area contributed by atoms with Gasteiger partial charge >= 0.3 is 0 Å². The molecule has 0 atom stereocenters. The Hall–Kier alpha value is -2.15. The van der Waals surface area contributed by atoms with Gasteiger partial charge in [-0.2, -0.15) is 10.2 Å².